The minimum absolute atomic E-state index is 0.426. The Bertz CT molecular complexity index is 2670. The number of fused-ring (bicyclic) bond motifs is 3. The zero-order valence-corrected chi connectivity index (χ0v) is 30.3. The number of pyridine rings is 1. The second kappa shape index (κ2) is 13.7. The van der Waals surface area contributed by atoms with Crippen LogP contribution in [0.25, 0.3) is 67.0 Å². The standard InChI is InChI=1S/C54H37N/c1-5-16-38(17-6-1)45-36-52(40-18-7-2-8-19-40)55-53(37-45)41-30-28-39(29-31-41)42-20-15-21-43(34-42)44-32-33-49-48-26-13-14-27-50(48)54(51(49)35-44,46-22-9-3-10-23-46)47-24-11-4-12-25-47/h1-37H. The Balaban J connectivity index is 1.04. The van der Waals surface area contributed by atoms with Crippen LogP contribution in [0.5, 0.6) is 0 Å². The van der Waals surface area contributed by atoms with E-state index in [1.807, 2.05) is 6.07 Å². The number of aromatic nitrogens is 1. The van der Waals surface area contributed by atoms with Gasteiger partial charge in [-0.3, -0.25) is 0 Å². The van der Waals surface area contributed by atoms with E-state index in [2.05, 4.69) is 218 Å². The van der Waals surface area contributed by atoms with Crippen LogP contribution in [0.3, 0.4) is 0 Å². The van der Waals surface area contributed by atoms with Gasteiger partial charge in [0.2, 0.25) is 0 Å². The van der Waals surface area contributed by atoms with Crippen LogP contribution in [0.15, 0.2) is 224 Å². The fourth-order valence-electron chi connectivity index (χ4n) is 8.57. The molecule has 1 aromatic heterocycles. The topological polar surface area (TPSA) is 12.9 Å². The Labute approximate surface area is 322 Å². The smallest absolute Gasteiger partial charge is 0.0715 e. The SMILES string of the molecule is c1ccc(-c2cc(-c3ccccc3)nc(-c3ccc(-c4cccc(-c5ccc6c(c5)C(c5ccccc5)(c5ccccc5)c5ccccc5-6)c4)cc3)c2)cc1. The molecule has 0 atom stereocenters. The van der Waals surface area contributed by atoms with Crippen LogP contribution in [-0.4, -0.2) is 4.98 Å². The summed E-state index contributed by atoms with van der Waals surface area (Å²) in [6.45, 7) is 0. The van der Waals surface area contributed by atoms with E-state index in [0.29, 0.717) is 0 Å². The minimum Gasteiger partial charge on any atom is -0.248 e. The first-order chi connectivity index (χ1) is 27.3. The van der Waals surface area contributed by atoms with Gasteiger partial charge in [-0.15, -0.1) is 0 Å². The van der Waals surface area contributed by atoms with Gasteiger partial charge in [-0.25, -0.2) is 4.98 Å². The maximum absolute atomic E-state index is 5.15. The molecule has 0 N–H and O–H groups in total. The molecule has 1 heterocycles. The highest BCUT2D eigenvalue weighted by molar-refractivity contribution is 5.89. The zero-order valence-electron chi connectivity index (χ0n) is 30.3. The maximum Gasteiger partial charge on any atom is 0.0715 e. The molecule has 1 nitrogen and oxygen atoms in total. The first kappa shape index (κ1) is 32.6. The van der Waals surface area contributed by atoms with Gasteiger partial charge >= 0.3 is 0 Å². The first-order valence-corrected chi connectivity index (χ1v) is 19.0. The van der Waals surface area contributed by atoms with E-state index in [9.17, 15) is 0 Å². The van der Waals surface area contributed by atoms with Crippen molar-refractivity contribution in [1.82, 2.24) is 4.98 Å². The van der Waals surface area contributed by atoms with Gasteiger partial charge in [0.15, 0.2) is 0 Å². The Morgan fingerprint density at radius 2 is 0.673 bits per heavy atom. The Kier molecular flexibility index (Phi) is 8.12. The molecule has 0 fully saturated rings. The van der Waals surface area contributed by atoms with E-state index >= 15 is 0 Å². The zero-order chi connectivity index (χ0) is 36.6. The average Bonchev–Trinajstić information content (AvgIpc) is 3.58. The summed E-state index contributed by atoms with van der Waals surface area (Å²) in [5.41, 5.74) is 18.6. The fourth-order valence-corrected chi connectivity index (χ4v) is 8.57. The van der Waals surface area contributed by atoms with Crippen LogP contribution in [-0.2, 0) is 5.41 Å². The predicted molar refractivity (Wildman–Crippen MR) is 229 cm³/mol. The van der Waals surface area contributed by atoms with Gasteiger partial charge < -0.3 is 0 Å². The molecule has 0 radical (unpaired) electrons. The molecule has 8 aromatic carbocycles. The lowest BCUT2D eigenvalue weighted by Gasteiger charge is -2.34. The summed E-state index contributed by atoms with van der Waals surface area (Å²) in [7, 11) is 0. The summed E-state index contributed by atoms with van der Waals surface area (Å²) < 4.78 is 0. The van der Waals surface area contributed by atoms with E-state index < -0.39 is 5.41 Å². The third kappa shape index (κ3) is 5.69. The molecule has 1 aliphatic carbocycles. The molecule has 1 aliphatic rings. The second-order valence-corrected chi connectivity index (χ2v) is 14.3. The van der Waals surface area contributed by atoms with Gasteiger partial charge in [-0.1, -0.05) is 200 Å². The van der Waals surface area contributed by atoms with Gasteiger partial charge in [-0.2, -0.15) is 0 Å². The fraction of sp³-hybridized carbons (Fsp3) is 0.0185. The van der Waals surface area contributed by atoms with Gasteiger partial charge in [0.05, 0.1) is 16.8 Å². The number of rotatable bonds is 7. The highest BCUT2D eigenvalue weighted by atomic mass is 14.7. The van der Waals surface area contributed by atoms with Crippen molar-refractivity contribution in [1.29, 1.82) is 0 Å². The van der Waals surface area contributed by atoms with Crippen LogP contribution >= 0.6 is 0 Å². The van der Waals surface area contributed by atoms with Crippen molar-refractivity contribution in [2.75, 3.05) is 0 Å². The van der Waals surface area contributed by atoms with E-state index in [1.165, 1.54) is 61.2 Å². The van der Waals surface area contributed by atoms with Gasteiger partial charge in [0.25, 0.3) is 0 Å². The van der Waals surface area contributed by atoms with Crippen LogP contribution in [0.4, 0.5) is 0 Å². The molecule has 0 amide bonds. The molecule has 10 rings (SSSR count). The molecular formula is C54H37N. The van der Waals surface area contributed by atoms with Crippen molar-refractivity contribution >= 4 is 0 Å². The van der Waals surface area contributed by atoms with Crippen molar-refractivity contribution in [2.24, 2.45) is 0 Å². The summed E-state index contributed by atoms with van der Waals surface area (Å²) in [5.74, 6) is 0. The second-order valence-electron chi connectivity index (χ2n) is 14.3. The third-order valence-electron chi connectivity index (χ3n) is 11.2. The predicted octanol–water partition coefficient (Wildman–Crippen LogP) is 13.8. The van der Waals surface area contributed by atoms with Gasteiger partial charge in [0, 0.05) is 11.1 Å². The van der Waals surface area contributed by atoms with E-state index in [4.69, 9.17) is 4.98 Å². The molecule has 0 unspecified atom stereocenters. The third-order valence-corrected chi connectivity index (χ3v) is 11.2. The van der Waals surface area contributed by atoms with Crippen molar-refractivity contribution in [3.8, 4) is 67.0 Å². The van der Waals surface area contributed by atoms with E-state index in [1.54, 1.807) is 0 Å². The van der Waals surface area contributed by atoms with Crippen molar-refractivity contribution in [3.05, 3.63) is 247 Å². The van der Waals surface area contributed by atoms with Crippen molar-refractivity contribution in [3.63, 3.8) is 0 Å². The van der Waals surface area contributed by atoms with Crippen molar-refractivity contribution in [2.45, 2.75) is 5.41 Å². The lowest BCUT2D eigenvalue weighted by molar-refractivity contribution is 0.769. The lowest BCUT2D eigenvalue weighted by atomic mass is 9.67. The van der Waals surface area contributed by atoms with E-state index in [0.717, 1.165) is 28.1 Å². The van der Waals surface area contributed by atoms with Crippen LogP contribution < -0.4 is 0 Å². The molecular weight excluding hydrogens is 663 g/mol. The average molecular weight is 700 g/mol. The summed E-state index contributed by atoms with van der Waals surface area (Å²) in [6, 6.07) is 81.2. The monoisotopic (exact) mass is 699 g/mol. The Morgan fingerprint density at radius 1 is 0.255 bits per heavy atom. The highest BCUT2D eigenvalue weighted by Gasteiger charge is 2.46. The minimum atomic E-state index is -0.426. The lowest BCUT2D eigenvalue weighted by Crippen LogP contribution is -2.28. The molecule has 0 saturated heterocycles. The normalized spacial score (nSPS) is 12.5. The number of hydrogen-bond donors (Lipinski definition) is 0. The van der Waals surface area contributed by atoms with Crippen LogP contribution in [0.1, 0.15) is 22.3 Å². The molecule has 9 aromatic rings. The van der Waals surface area contributed by atoms with Gasteiger partial charge in [0.1, 0.15) is 0 Å². The van der Waals surface area contributed by atoms with E-state index in [-0.39, 0.29) is 0 Å². The Morgan fingerprint density at radius 3 is 1.31 bits per heavy atom. The number of hydrogen-bond acceptors (Lipinski definition) is 1. The van der Waals surface area contributed by atoms with Crippen LogP contribution in [0, 0.1) is 0 Å². The van der Waals surface area contributed by atoms with Crippen LogP contribution in [0.2, 0.25) is 0 Å². The first-order valence-electron chi connectivity index (χ1n) is 19.0. The maximum atomic E-state index is 5.15. The Hall–Kier alpha value is -7.09. The molecule has 258 valence electrons. The quantitative estimate of drug-likeness (QED) is 0.161. The number of benzene rings is 8. The largest absolute Gasteiger partial charge is 0.248 e. The van der Waals surface area contributed by atoms with Gasteiger partial charge in [-0.05, 0) is 91.0 Å². The number of nitrogens with zero attached hydrogens (tertiary/aromatic N) is 1. The molecule has 1 heteroatoms. The molecule has 55 heavy (non-hydrogen) atoms. The summed E-state index contributed by atoms with van der Waals surface area (Å²) >= 11 is 0. The molecule has 0 bridgehead atoms. The molecule has 0 spiro atoms. The molecule has 0 saturated carbocycles. The van der Waals surface area contributed by atoms with Crippen molar-refractivity contribution < 1.29 is 0 Å². The summed E-state index contributed by atoms with van der Waals surface area (Å²) in [6.07, 6.45) is 0. The highest BCUT2D eigenvalue weighted by Crippen LogP contribution is 2.56. The summed E-state index contributed by atoms with van der Waals surface area (Å²) in [4.78, 5) is 5.15. The summed E-state index contributed by atoms with van der Waals surface area (Å²) in [5, 5.41) is 0. The molecule has 0 aliphatic heterocycles.